The van der Waals surface area contributed by atoms with Gasteiger partial charge in [0.25, 0.3) is 0 Å². The van der Waals surface area contributed by atoms with Crippen molar-refractivity contribution in [3.8, 4) is 0 Å². The van der Waals surface area contributed by atoms with Crippen LogP contribution in [0.2, 0.25) is 0 Å². The number of rotatable bonds is 5. The number of nitrogens with zero attached hydrogens (tertiary/aromatic N) is 3. The molecule has 6 heteroatoms. The average molecular weight is 356 g/mol. The predicted octanol–water partition coefficient (Wildman–Crippen LogP) is 3.10. The number of likely N-dealkylation sites (tertiary alicyclic amines) is 1. The first-order valence-electron chi connectivity index (χ1n) is 9.32. The molecule has 2 fully saturated rings. The summed E-state index contributed by atoms with van der Waals surface area (Å²) in [5, 5.41) is 3.31. The second-order valence-corrected chi connectivity index (χ2v) is 7.46. The summed E-state index contributed by atoms with van der Waals surface area (Å²) in [4.78, 5) is 10.8. The molecule has 1 spiro atoms. The first kappa shape index (κ1) is 17.4. The van der Waals surface area contributed by atoms with E-state index >= 15 is 0 Å². The monoisotopic (exact) mass is 356 g/mol. The largest absolute Gasteiger partial charge is 0.373 e. The Morgan fingerprint density at radius 3 is 3.00 bits per heavy atom. The summed E-state index contributed by atoms with van der Waals surface area (Å²) in [6.07, 6.45) is 6.76. The molecular weight excluding hydrogens is 331 g/mol. The van der Waals surface area contributed by atoms with Crippen LogP contribution >= 0.6 is 0 Å². The maximum Gasteiger partial charge on any atom is 0.222 e. The van der Waals surface area contributed by atoms with Crippen LogP contribution in [0.15, 0.2) is 42.7 Å². The zero-order chi connectivity index (χ0) is 17.8. The predicted molar refractivity (Wildman–Crippen MR) is 98.2 cm³/mol. The van der Waals surface area contributed by atoms with Gasteiger partial charge in [-0.2, -0.15) is 0 Å². The highest BCUT2D eigenvalue weighted by Crippen LogP contribution is 2.37. The third-order valence-corrected chi connectivity index (χ3v) is 5.31. The molecule has 0 saturated carbocycles. The zero-order valence-electron chi connectivity index (χ0n) is 14.9. The van der Waals surface area contributed by atoms with E-state index in [0.717, 1.165) is 57.6 Å². The van der Waals surface area contributed by atoms with Gasteiger partial charge in [0.2, 0.25) is 5.95 Å². The van der Waals surface area contributed by atoms with Crippen LogP contribution in [0.4, 0.5) is 10.3 Å². The van der Waals surface area contributed by atoms with Gasteiger partial charge >= 0.3 is 0 Å². The van der Waals surface area contributed by atoms with E-state index in [1.807, 2.05) is 12.1 Å². The van der Waals surface area contributed by atoms with Crippen molar-refractivity contribution in [2.45, 2.75) is 31.4 Å². The van der Waals surface area contributed by atoms with E-state index in [0.29, 0.717) is 11.9 Å². The summed E-state index contributed by atoms with van der Waals surface area (Å²) in [6, 6.07) is 8.71. The summed E-state index contributed by atoms with van der Waals surface area (Å²) >= 11 is 0. The van der Waals surface area contributed by atoms with Crippen molar-refractivity contribution >= 4 is 5.95 Å². The van der Waals surface area contributed by atoms with E-state index in [4.69, 9.17) is 4.74 Å². The Balaban J connectivity index is 1.32. The lowest BCUT2D eigenvalue weighted by atomic mass is 9.86. The summed E-state index contributed by atoms with van der Waals surface area (Å²) in [7, 11) is 0. The zero-order valence-corrected chi connectivity index (χ0v) is 14.9. The number of nitrogens with one attached hydrogen (secondary N) is 1. The molecule has 2 saturated heterocycles. The Kier molecular flexibility index (Phi) is 5.13. The third kappa shape index (κ3) is 4.19. The molecule has 3 heterocycles. The fraction of sp³-hybridized carbons (Fsp3) is 0.500. The van der Waals surface area contributed by atoms with Crippen molar-refractivity contribution < 1.29 is 9.13 Å². The number of hydrogen-bond acceptors (Lipinski definition) is 5. The molecule has 2 atom stereocenters. The third-order valence-electron chi connectivity index (χ3n) is 5.31. The van der Waals surface area contributed by atoms with Gasteiger partial charge in [-0.05, 0) is 49.6 Å². The normalized spacial score (nSPS) is 26.3. The van der Waals surface area contributed by atoms with Crippen molar-refractivity contribution in [3.63, 3.8) is 0 Å². The molecule has 1 aromatic heterocycles. The molecule has 2 aromatic rings. The molecule has 0 unspecified atom stereocenters. The van der Waals surface area contributed by atoms with Gasteiger partial charge in [-0.25, -0.2) is 14.4 Å². The molecule has 0 aliphatic carbocycles. The molecule has 138 valence electrons. The molecule has 1 N–H and O–H groups in total. The van der Waals surface area contributed by atoms with Crippen LogP contribution < -0.4 is 5.32 Å². The summed E-state index contributed by atoms with van der Waals surface area (Å²) in [5.74, 6) is 0.971. The maximum atomic E-state index is 13.4. The molecule has 4 rings (SSSR count). The minimum Gasteiger partial charge on any atom is -0.373 e. The van der Waals surface area contributed by atoms with Gasteiger partial charge in [-0.15, -0.1) is 0 Å². The van der Waals surface area contributed by atoms with E-state index in [1.54, 1.807) is 24.5 Å². The van der Waals surface area contributed by atoms with Crippen molar-refractivity contribution in [2.24, 2.45) is 5.92 Å². The molecular formula is C20H25FN4O. The summed E-state index contributed by atoms with van der Waals surface area (Å²) in [5.41, 5.74) is 0.967. The second kappa shape index (κ2) is 7.68. The Morgan fingerprint density at radius 1 is 1.27 bits per heavy atom. The van der Waals surface area contributed by atoms with Crippen molar-refractivity contribution in [3.05, 3.63) is 54.1 Å². The van der Waals surface area contributed by atoms with Crippen LogP contribution in [-0.4, -0.2) is 46.7 Å². The van der Waals surface area contributed by atoms with Crippen LogP contribution in [0.25, 0.3) is 0 Å². The topological polar surface area (TPSA) is 50.3 Å². The lowest BCUT2D eigenvalue weighted by Crippen LogP contribution is -2.47. The molecule has 5 nitrogen and oxygen atoms in total. The molecule has 0 radical (unpaired) electrons. The number of anilines is 1. The van der Waals surface area contributed by atoms with E-state index in [1.165, 1.54) is 6.07 Å². The van der Waals surface area contributed by atoms with Gasteiger partial charge < -0.3 is 10.1 Å². The Hall–Kier alpha value is -2.05. The highest BCUT2D eigenvalue weighted by molar-refractivity contribution is 5.22. The average Bonchev–Trinajstić information content (AvgIpc) is 3.03. The number of hydrogen-bond donors (Lipinski definition) is 1. The fourth-order valence-corrected chi connectivity index (χ4v) is 4.20. The fourth-order valence-electron chi connectivity index (χ4n) is 4.20. The van der Waals surface area contributed by atoms with Gasteiger partial charge in [0.05, 0.1) is 12.2 Å². The van der Waals surface area contributed by atoms with Crippen LogP contribution in [0.1, 0.15) is 24.8 Å². The number of piperidine rings is 1. The van der Waals surface area contributed by atoms with E-state index < -0.39 is 0 Å². The maximum absolute atomic E-state index is 13.4. The lowest BCUT2D eigenvalue weighted by Gasteiger charge is -2.40. The summed E-state index contributed by atoms with van der Waals surface area (Å²) in [6.45, 7) is 4.34. The van der Waals surface area contributed by atoms with Crippen molar-refractivity contribution in [2.75, 3.05) is 31.6 Å². The number of aromatic nitrogens is 2. The minimum atomic E-state index is -0.166. The summed E-state index contributed by atoms with van der Waals surface area (Å²) < 4.78 is 19.7. The highest BCUT2D eigenvalue weighted by atomic mass is 19.1. The lowest BCUT2D eigenvalue weighted by molar-refractivity contribution is -0.0535. The molecule has 0 bridgehead atoms. The van der Waals surface area contributed by atoms with Gasteiger partial charge in [0, 0.05) is 37.9 Å². The standard InChI is InChI=1S/C20H25FN4O/c21-18-5-1-4-16(10-18)13-25-9-2-6-20(15-25)11-17(14-26-20)12-24-19-22-7-3-8-23-19/h1,3-5,7-8,10,17H,2,6,9,11-15H2,(H,22,23,24)/t17-,20-/m1/s1. The van der Waals surface area contributed by atoms with Crippen LogP contribution in [0, 0.1) is 11.7 Å². The molecule has 1 aromatic carbocycles. The highest BCUT2D eigenvalue weighted by Gasteiger charge is 2.43. The first-order valence-corrected chi connectivity index (χ1v) is 9.32. The number of ether oxygens (including phenoxy) is 1. The minimum absolute atomic E-state index is 0.0601. The molecule has 26 heavy (non-hydrogen) atoms. The molecule has 0 amide bonds. The SMILES string of the molecule is Fc1cccc(CN2CCC[C@@]3(C[C@H](CNc4ncccn4)CO3)C2)c1. The van der Waals surface area contributed by atoms with Gasteiger partial charge in [0.15, 0.2) is 0 Å². The van der Waals surface area contributed by atoms with Crippen molar-refractivity contribution in [1.82, 2.24) is 14.9 Å². The van der Waals surface area contributed by atoms with Gasteiger partial charge in [0.1, 0.15) is 5.82 Å². The molecule has 2 aliphatic heterocycles. The first-order chi connectivity index (χ1) is 12.7. The van der Waals surface area contributed by atoms with E-state index in [2.05, 4.69) is 20.2 Å². The van der Waals surface area contributed by atoms with Crippen molar-refractivity contribution in [1.29, 1.82) is 0 Å². The van der Waals surface area contributed by atoms with Gasteiger partial charge in [-0.3, -0.25) is 4.90 Å². The Labute approximate surface area is 153 Å². The van der Waals surface area contributed by atoms with Gasteiger partial charge in [-0.1, -0.05) is 12.1 Å². The quantitative estimate of drug-likeness (QED) is 0.892. The number of halogens is 1. The molecule has 2 aliphatic rings. The van der Waals surface area contributed by atoms with Crippen LogP contribution in [-0.2, 0) is 11.3 Å². The van der Waals surface area contributed by atoms with Crippen LogP contribution in [0.3, 0.4) is 0 Å². The second-order valence-electron chi connectivity index (χ2n) is 7.46. The van der Waals surface area contributed by atoms with Crippen LogP contribution in [0.5, 0.6) is 0 Å². The smallest absolute Gasteiger partial charge is 0.222 e. The van der Waals surface area contributed by atoms with E-state index in [-0.39, 0.29) is 11.4 Å². The Bertz CT molecular complexity index is 729. The van der Waals surface area contributed by atoms with E-state index in [9.17, 15) is 4.39 Å². The number of benzene rings is 1. The Morgan fingerprint density at radius 2 is 2.15 bits per heavy atom.